The SMILES string of the molecule is O=C(NCC1CCCO1)C1CC(=O)N(Cc2cccc(C(F)(F)F)c2)C1. The molecule has 2 aliphatic rings. The van der Waals surface area contributed by atoms with Crippen LogP contribution in [0.3, 0.4) is 0 Å². The van der Waals surface area contributed by atoms with Gasteiger partial charge in [0.15, 0.2) is 0 Å². The Hall–Kier alpha value is -2.09. The molecule has 0 bridgehead atoms. The van der Waals surface area contributed by atoms with E-state index in [1.807, 2.05) is 0 Å². The van der Waals surface area contributed by atoms with Gasteiger partial charge in [-0.2, -0.15) is 13.2 Å². The molecule has 0 saturated carbocycles. The zero-order chi connectivity index (χ0) is 18.7. The first kappa shape index (κ1) is 18.7. The molecular weight excluding hydrogens is 349 g/mol. The molecule has 0 spiro atoms. The van der Waals surface area contributed by atoms with Crippen LogP contribution >= 0.6 is 0 Å². The lowest BCUT2D eigenvalue weighted by atomic mass is 10.1. The molecule has 26 heavy (non-hydrogen) atoms. The van der Waals surface area contributed by atoms with Crippen LogP contribution in [0.4, 0.5) is 13.2 Å². The number of amides is 2. The van der Waals surface area contributed by atoms with E-state index in [4.69, 9.17) is 4.74 Å². The number of halogens is 3. The highest BCUT2D eigenvalue weighted by atomic mass is 19.4. The van der Waals surface area contributed by atoms with Gasteiger partial charge in [-0.1, -0.05) is 12.1 Å². The smallest absolute Gasteiger partial charge is 0.376 e. The van der Waals surface area contributed by atoms with E-state index in [9.17, 15) is 22.8 Å². The lowest BCUT2D eigenvalue weighted by molar-refractivity contribution is -0.137. The lowest BCUT2D eigenvalue weighted by Gasteiger charge is -2.18. The van der Waals surface area contributed by atoms with Crippen molar-refractivity contribution in [1.29, 1.82) is 0 Å². The molecule has 5 nitrogen and oxygen atoms in total. The number of carbonyl (C=O) groups excluding carboxylic acids is 2. The highest BCUT2D eigenvalue weighted by Crippen LogP contribution is 2.30. The number of hydrogen-bond donors (Lipinski definition) is 1. The summed E-state index contributed by atoms with van der Waals surface area (Å²) in [4.78, 5) is 25.8. The Morgan fingerprint density at radius 3 is 2.85 bits per heavy atom. The summed E-state index contributed by atoms with van der Waals surface area (Å²) in [6, 6.07) is 4.91. The van der Waals surface area contributed by atoms with Crippen molar-refractivity contribution in [2.24, 2.45) is 5.92 Å². The summed E-state index contributed by atoms with van der Waals surface area (Å²) in [7, 11) is 0. The molecular formula is C18H21F3N2O3. The summed E-state index contributed by atoms with van der Waals surface area (Å²) in [6.07, 6.45) is -2.43. The Labute approximate surface area is 149 Å². The molecule has 2 saturated heterocycles. The Kier molecular flexibility index (Phi) is 5.50. The van der Waals surface area contributed by atoms with E-state index >= 15 is 0 Å². The molecule has 1 aromatic carbocycles. The summed E-state index contributed by atoms with van der Waals surface area (Å²) in [6.45, 7) is 1.41. The van der Waals surface area contributed by atoms with Crippen molar-refractivity contribution < 1.29 is 27.5 Å². The summed E-state index contributed by atoms with van der Waals surface area (Å²) in [5, 5.41) is 2.81. The van der Waals surface area contributed by atoms with Crippen molar-refractivity contribution >= 4 is 11.8 Å². The number of likely N-dealkylation sites (tertiary alicyclic amines) is 1. The minimum atomic E-state index is -4.42. The van der Waals surface area contributed by atoms with E-state index in [1.54, 1.807) is 6.07 Å². The number of hydrogen-bond acceptors (Lipinski definition) is 3. The number of ether oxygens (including phenoxy) is 1. The monoisotopic (exact) mass is 370 g/mol. The average molecular weight is 370 g/mol. The standard InChI is InChI=1S/C18H21F3N2O3/c19-18(20,21)14-4-1-3-12(7-14)10-23-11-13(8-16(23)24)17(25)22-9-15-5-2-6-26-15/h1,3-4,7,13,15H,2,5-6,8-11H2,(H,22,25). The van der Waals surface area contributed by atoms with E-state index in [2.05, 4.69) is 5.32 Å². The minimum absolute atomic E-state index is 0.0252. The highest BCUT2D eigenvalue weighted by Gasteiger charge is 2.35. The van der Waals surface area contributed by atoms with Crippen LogP contribution in [0.15, 0.2) is 24.3 Å². The molecule has 2 aliphatic heterocycles. The molecule has 1 N–H and O–H groups in total. The number of carbonyl (C=O) groups is 2. The second-order valence-electron chi connectivity index (χ2n) is 6.75. The first-order valence-corrected chi connectivity index (χ1v) is 8.66. The quantitative estimate of drug-likeness (QED) is 0.866. The molecule has 3 rings (SSSR count). The largest absolute Gasteiger partial charge is 0.416 e. The Bertz CT molecular complexity index is 672. The maximum atomic E-state index is 12.8. The summed E-state index contributed by atoms with van der Waals surface area (Å²) in [5.74, 6) is -0.908. The molecule has 2 unspecified atom stereocenters. The lowest BCUT2D eigenvalue weighted by Crippen LogP contribution is -2.37. The average Bonchev–Trinajstić information content (AvgIpc) is 3.23. The van der Waals surface area contributed by atoms with E-state index in [0.717, 1.165) is 25.0 Å². The van der Waals surface area contributed by atoms with Gasteiger partial charge in [0.05, 0.1) is 17.6 Å². The van der Waals surface area contributed by atoms with Crippen LogP contribution in [0.2, 0.25) is 0 Å². The fourth-order valence-electron chi connectivity index (χ4n) is 3.33. The zero-order valence-corrected chi connectivity index (χ0v) is 14.2. The first-order valence-electron chi connectivity index (χ1n) is 8.66. The second-order valence-corrected chi connectivity index (χ2v) is 6.75. The Balaban J connectivity index is 1.55. The molecule has 2 heterocycles. The maximum Gasteiger partial charge on any atom is 0.416 e. The van der Waals surface area contributed by atoms with E-state index in [-0.39, 0.29) is 37.4 Å². The van der Waals surface area contributed by atoms with Crippen molar-refractivity contribution in [3.8, 4) is 0 Å². The Morgan fingerprint density at radius 1 is 1.35 bits per heavy atom. The Morgan fingerprint density at radius 2 is 2.15 bits per heavy atom. The molecule has 2 fully saturated rings. The summed E-state index contributed by atoms with van der Waals surface area (Å²) < 4.78 is 43.8. The molecule has 2 atom stereocenters. The molecule has 8 heteroatoms. The van der Waals surface area contributed by atoms with Crippen LogP contribution < -0.4 is 5.32 Å². The van der Waals surface area contributed by atoms with Crippen LogP contribution in [0.25, 0.3) is 0 Å². The molecule has 0 aromatic heterocycles. The van der Waals surface area contributed by atoms with Crippen molar-refractivity contribution in [3.05, 3.63) is 35.4 Å². The first-order chi connectivity index (χ1) is 12.3. The summed E-state index contributed by atoms with van der Waals surface area (Å²) >= 11 is 0. The van der Waals surface area contributed by atoms with Gasteiger partial charge in [-0.15, -0.1) is 0 Å². The van der Waals surface area contributed by atoms with Gasteiger partial charge in [-0.05, 0) is 30.5 Å². The third-order valence-corrected chi connectivity index (χ3v) is 4.74. The molecule has 142 valence electrons. The topological polar surface area (TPSA) is 58.6 Å². The van der Waals surface area contributed by atoms with Crippen LogP contribution in [0.1, 0.15) is 30.4 Å². The third kappa shape index (κ3) is 4.55. The van der Waals surface area contributed by atoms with E-state index < -0.39 is 17.7 Å². The number of nitrogens with zero attached hydrogens (tertiary/aromatic N) is 1. The second kappa shape index (κ2) is 7.65. The fourth-order valence-corrected chi connectivity index (χ4v) is 3.33. The summed E-state index contributed by atoms with van der Waals surface area (Å²) in [5.41, 5.74) is -0.346. The minimum Gasteiger partial charge on any atom is -0.376 e. The maximum absolute atomic E-state index is 12.8. The predicted molar refractivity (Wildman–Crippen MR) is 87.0 cm³/mol. The van der Waals surface area contributed by atoms with Crippen molar-refractivity contribution in [2.45, 2.75) is 38.1 Å². The third-order valence-electron chi connectivity index (χ3n) is 4.74. The normalized spacial score (nSPS) is 23.5. The van der Waals surface area contributed by atoms with E-state index in [0.29, 0.717) is 18.7 Å². The van der Waals surface area contributed by atoms with Gasteiger partial charge in [0.25, 0.3) is 0 Å². The molecule has 0 aliphatic carbocycles. The molecule has 1 aromatic rings. The number of benzene rings is 1. The number of nitrogens with one attached hydrogen (secondary N) is 1. The van der Waals surface area contributed by atoms with Crippen molar-refractivity contribution in [3.63, 3.8) is 0 Å². The molecule has 0 radical (unpaired) electrons. The van der Waals surface area contributed by atoms with Crippen LogP contribution in [0, 0.1) is 5.92 Å². The predicted octanol–water partition coefficient (Wildman–Crippen LogP) is 2.35. The van der Waals surface area contributed by atoms with Crippen LogP contribution in [-0.4, -0.2) is 42.5 Å². The van der Waals surface area contributed by atoms with Gasteiger partial charge in [0.2, 0.25) is 11.8 Å². The zero-order valence-electron chi connectivity index (χ0n) is 14.2. The van der Waals surface area contributed by atoms with Crippen LogP contribution in [0.5, 0.6) is 0 Å². The van der Waals surface area contributed by atoms with Gasteiger partial charge >= 0.3 is 6.18 Å². The van der Waals surface area contributed by atoms with Gasteiger partial charge in [-0.25, -0.2) is 0 Å². The van der Waals surface area contributed by atoms with Crippen molar-refractivity contribution in [1.82, 2.24) is 10.2 Å². The van der Waals surface area contributed by atoms with Gasteiger partial charge in [0.1, 0.15) is 0 Å². The van der Waals surface area contributed by atoms with Gasteiger partial charge in [-0.3, -0.25) is 9.59 Å². The van der Waals surface area contributed by atoms with Gasteiger partial charge in [0, 0.05) is 32.7 Å². The number of rotatable bonds is 5. The fraction of sp³-hybridized carbons (Fsp3) is 0.556. The number of alkyl halides is 3. The van der Waals surface area contributed by atoms with Gasteiger partial charge < -0.3 is 15.0 Å². The highest BCUT2D eigenvalue weighted by molar-refractivity contribution is 5.89. The van der Waals surface area contributed by atoms with Crippen LogP contribution in [-0.2, 0) is 27.0 Å². The van der Waals surface area contributed by atoms with E-state index in [1.165, 1.54) is 11.0 Å². The molecule has 2 amide bonds. The van der Waals surface area contributed by atoms with Crippen molar-refractivity contribution in [2.75, 3.05) is 19.7 Å².